The minimum Gasteiger partial charge on any atom is -0.381 e. The fraction of sp³-hybridized carbons (Fsp3) is 0.500. The number of halogens is 1. The highest BCUT2D eigenvalue weighted by Crippen LogP contribution is 2.20. The summed E-state index contributed by atoms with van der Waals surface area (Å²) in [5.74, 6) is 0. The van der Waals surface area contributed by atoms with E-state index < -0.39 is 0 Å². The van der Waals surface area contributed by atoms with E-state index in [1.54, 1.807) is 12.4 Å². The third kappa shape index (κ3) is 2.36. The average Bonchev–Trinajstić information content (AvgIpc) is 2.69. The van der Waals surface area contributed by atoms with E-state index in [0.717, 1.165) is 31.7 Å². The summed E-state index contributed by atoms with van der Waals surface area (Å²) in [6, 6.07) is 1.87. The van der Waals surface area contributed by atoms with Gasteiger partial charge in [-0.05, 0) is 18.9 Å². The third-order valence-corrected chi connectivity index (χ3v) is 2.62. The van der Waals surface area contributed by atoms with Gasteiger partial charge in [-0.15, -0.1) is 0 Å². The predicted octanol–water partition coefficient (Wildman–Crippen LogP) is 2.33. The molecule has 1 unspecified atom stereocenters. The number of nitrogens with one attached hydrogen (secondary N) is 1. The van der Waals surface area contributed by atoms with Crippen molar-refractivity contribution in [1.82, 2.24) is 4.98 Å². The topological polar surface area (TPSA) is 34.2 Å². The van der Waals surface area contributed by atoms with Gasteiger partial charge in [0.1, 0.15) is 0 Å². The van der Waals surface area contributed by atoms with Crippen molar-refractivity contribution in [3.8, 4) is 0 Å². The first-order chi connectivity index (χ1) is 6.86. The standard InChI is InChI=1S/C10H13ClN2O/c11-9-7-12-4-3-10(9)13-6-8-2-1-5-14-8/h3-4,7-8H,1-2,5-6H2,(H,12,13). The molecule has 1 fully saturated rings. The van der Waals surface area contributed by atoms with E-state index >= 15 is 0 Å². The maximum Gasteiger partial charge on any atom is 0.0820 e. The first-order valence-corrected chi connectivity index (χ1v) is 5.19. The molecule has 0 aromatic carbocycles. The fourth-order valence-electron chi connectivity index (χ4n) is 1.55. The van der Waals surface area contributed by atoms with E-state index in [1.807, 2.05) is 6.07 Å². The lowest BCUT2D eigenvalue weighted by Crippen LogP contribution is -2.18. The minimum absolute atomic E-state index is 0.333. The molecule has 2 rings (SSSR count). The highest BCUT2D eigenvalue weighted by molar-refractivity contribution is 6.33. The summed E-state index contributed by atoms with van der Waals surface area (Å²) in [5, 5.41) is 3.92. The van der Waals surface area contributed by atoms with Crippen LogP contribution in [0.1, 0.15) is 12.8 Å². The Hall–Kier alpha value is -0.800. The molecule has 1 aromatic rings. The van der Waals surface area contributed by atoms with Gasteiger partial charge in [-0.3, -0.25) is 4.98 Å². The van der Waals surface area contributed by atoms with Gasteiger partial charge in [0.05, 0.1) is 16.8 Å². The van der Waals surface area contributed by atoms with Crippen molar-refractivity contribution in [2.45, 2.75) is 18.9 Å². The van der Waals surface area contributed by atoms with Gasteiger partial charge in [-0.1, -0.05) is 11.6 Å². The monoisotopic (exact) mass is 212 g/mol. The van der Waals surface area contributed by atoms with Crippen LogP contribution in [0.2, 0.25) is 5.02 Å². The van der Waals surface area contributed by atoms with Gasteiger partial charge < -0.3 is 10.1 Å². The van der Waals surface area contributed by atoms with Crippen molar-refractivity contribution in [2.75, 3.05) is 18.5 Å². The fourth-order valence-corrected chi connectivity index (χ4v) is 1.73. The summed E-state index contributed by atoms with van der Waals surface area (Å²) in [5.41, 5.74) is 0.928. The van der Waals surface area contributed by atoms with Gasteiger partial charge >= 0.3 is 0 Å². The van der Waals surface area contributed by atoms with Crippen molar-refractivity contribution in [3.63, 3.8) is 0 Å². The van der Waals surface area contributed by atoms with Crippen molar-refractivity contribution in [3.05, 3.63) is 23.5 Å². The van der Waals surface area contributed by atoms with E-state index in [0.29, 0.717) is 11.1 Å². The smallest absolute Gasteiger partial charge is 0.0820 e. The number of hydrogen-bond donors (Lipinski definition) is 1. The van der Waals surface area contributed by atoms with E-state index in [4.69, 9.17) is 16.3 Å². The maximum atomic E-state index is 5.94. The summed E-state index contributed by atoms with van der Waals surface area (Å²) in [4.78, 5) is 3.92. The molecule has 1 aliphatic rings. The first kappa shape index (κ1) is 9.74. The lowest BCUT2D eigenvalue weighted by Gasteiger charge is -2.12. The number of anilines is 1. The normalized spacial score (nSPS) is 21.1. The molecule has 1 saturated heterocycles. The van der Waals surface area contributed by atoms with Crippen LogP contribution in [-0.2, 0) is 4.74 Å². The Bertz CT molecular complexity index is 300. The molecule has 14 heavy (non-hydrogen) atoms. The van der Waals surface area contributed by atoms with Crippen LogP contribution in [0, 0.1) is 0 Å². The SMILES string of the molecule is Clc1cnccc1NCC1CCCO1. The number of aromatic nitrogens is 1. The second kappa shape index (κ2) is 4.62. The van der Waals surface area contributed by atoms with Crippen LogP contribution in [0.5, 0.6) is 0 Å². The maximum absolute atomic E-state index is 5.94. The van der Waals surface area contributed by atoms with E-state index in [9.17, 15) is 0 Å². The van der Waals surface area contributed by atoms with Crippen molar-refractivity contribution < 1.29 is 4.74 Å². The summed E-state index contributed by atoms with van der Waals surface area (Å²) in [6.07, 6.45) is 5.99. The molecule has 3 nitrogen and oxygen atoms in total. The van der Waals surface area contributed by atoms with Crippen LogP contribution in [0.25, 0.3) is 0 Å². The molecule has 1 atom stereocenters. The molecule has 0 radical (unpaired) electrons. The van der Waals surface area contributed by atoms with Crippen LogP contribution < -0.4 is 5.32 Å². The zero-order valence-electron chi connectivity index (χ0n) is 7.87. The van der Waals surface area contributed by atoms with Crippen LogP contribution in [0.3, 0.4) is 0 Å². The zero-order valence-corrected chi connectivity index (χ0v) is 8.63. The quantitative estimate of drug-likeness (QED) is 0.835. The number of nitrogens with zero attached hydrogens (tertiary/aromatic N) is 1. The average molecular weight is 213 g/mol. The highest BCUT2D eigenvalue weighted by Gasteiger charge is 2.15. The molecule has 0 aliphatic carbocycles. The van der Waals surface area contributed by atoms with E-state index in [1.165, 1.54) is 0 Å². The number of rotatable bonds is 3. The molecule has 0 spiro atoms. The predicted molar refractivity (Wildman–Crippen MR) is 56.7 cm³/mol. The van der Waals surface area contributed by atoms with Crippen LogP contribution in [0.15, 0.2) is 18.5 Å². The molecule has 4 heteroatoms. The molecule has 76 valence electrons. The molecule has 0 bridgehead atoms. The van der Waals surface area contributed by atoms with Gasteiger partial charge in [0, 0.05) is 25.5 Å². The Morgan fingerprint density at radius 2 is 2.57 bits per heavy atom. The van der Waals surface area contributed by atoms with Gasteiger partial charge in [0.15, 0.2) is 0 Å². The largest absolute Gasteiger partial charge is 0.381 e. The first-order valence-electron chi connectivity index (χ1n) is 4.81. The molecule has 1 aliphatic heterocycles. The van der Waals surface area contributed by atoms with Crippen molar-refractivity contribution in [1.29, 1.82) is 0 Å². The Morgan fingerprint density at radius 3 is 3.29 bits per heavy atom. The second-order valence-corrected chi connectivity index (χ2v) is 3.78. The van der Waals surface area contributed by atoms with Gasteiger partial charge in [-0.25, -0.2) is 0 Å². The lowest BCUT2D eigenvalue weighted by molar-refractivity contribution is 0.120. The minimum atomic E-state index is 0.333. The Balaban J connectivity index is 1.88. The number of ether oxygens (including phenoxy) is 1. The molecular formula is C10H13ClN2O. The van der Waals surface area contributed by atoms with Crippen LogP contribution in [-0.4, -0.2) is 24.2 Å². The summed E-state index contributed by atoms with van der Waals surface area (Å²) < 4.78 is 5.49. The van der Waals surface area contributed by atoms with Gasteiger partial charge in [-0.2, -0.15) is 0 Å². The van der Waals surface area contributed by atoms with Crippen molar-refractivity contribution >= 4 is 17.3 Å². The Labute approximate surface area is 88.4 Å². The second-order valence-electron chi connectivity index (χ2n) is 3.37. The number of hydrogen-bond acceptors (Lipinski definition) is 3. The highest BCUT2D eigenvalue weighted by atomic mass is 35.5. The van der Waals surface area contributed by atoms with E-state index in [2.05, 4.69) is 10.3 Å². The van der Waals surface area contributed by atoms with Crippen LogP contribution in [0.4, 0.5) is 5.69 Å². The van der Waals surface area contributed by atoms with Crippen molar-refractivity contribution in [2.24, 2.45) is 0 Å². The molecular weight excluding hydrogens is 200 g/mol. The number of pyridine rings is 1. The third-order valence-electron chi connectivity index (χ3n) is 2.32. The molecule has 1 aromatic heterocycles. The molecule has 0 saturated carbocycles. The van der Waals surface area contributed by atoms with Crippen LogP contribution >= 0.6 is 11.6 Å². The molecule has 1 N–H and O–H groups in total. The lowest BCUT2D eigenvalue weighted by atomic mass is 10.2. The van der Waals surface area contributed by atoms with Gasteiger partial charge in [0.25, 0.3) is 0 Å². The van der Waals surface area contributed by atoms with Gasteiger partial charge in [0.2, 0.25) is 0 Å². The summed E-state index contributed by atoms with van der Waals surface area (Å²) >= 11 is 5.94. The Kier molecular flexibility index (Phi) is 3.22. The Morgan fingerprint density at radius 1 is 1.64 bits per heavy atom. The molecule has 0 amide bonds. The summed E-state index contributed by atoms with van der Waals surface area (Å²) in [6.45, 7) is 1.71. The van der Waals surface area contributed by atoms with E-state index in [-0.39, 0.29) is 0 Å². The molecule has 2 heterocycles. The summed E-state index contributed by atoms with van der Waals surface area (Å²) in [7, 11) is 0. The zero-order chi connectivity index (χ0) is 9.80.